The van der Waals surface area contributed by atoms with Crippen LogP contribution in [0, 0.1) is 5.92 Å². The summed E-state index contributed by atoms with van der Waals surface area (Å²) >= 11 is 3.45. The molecule has 1 N–H and O–H groups in total. The Kier molecular flexibility index (Phi) is 4.61. The molecular weight excluding hydrogens is 328 g/mol. The molecule has 0 amide bonds. The van der Waals surface area contributed by atoms with Crippen molar-refractivity contribution in [1.29, 1.82) is 0 Å². The van der Waals surface area contributed by atoms with E-state index < -0.39 is 0 Å². The summed E-state index contributed by atoms with van der Waals surface area (Å²) in [7, 11) is 0. The molecule has 1 aliphatic heterocycles. The lowest BCUT2D eigenvalue weighted by Crippen LogP contribution is -2.15. The lowest BCUT2D eigenvalue weighted by Gasteiger charge is -2.18. The molecule has 0 aromatic heterocycles. The molecular formula is C18H19BrO2. The van der Waals surface area contributed by atoms with Crippen LogP contribution in [0.1, 0.15) is 23.5 Å². The molecule has 2 nitrogen and oxygen atoms in total. The predicted octanol–water partition coefficient (Wildman–Crippen LogP) is 4.17. The van der Waals surface area contributed by atoms with Crippen LogP contribution in [0.4, 0.5) is 0 Å². The van der Waals surface area contributed by atoms with Crippen molar-refractivity contribution in [1.82, 2.24) is 0 Å². The molecule has 1 heterocycles. The second kappa shape index (κ2) is 6.63. The first kappa shape index (κ1) is 14.6. The molecule has 0 radical (unpaired) electrons. The number of hydrogen-bond donors (Lipinski definition) is 1. The van der Waals surface area contributed by atoms with Crippen molar-refractivity contribution in [3.63, 3.8) is 0 Å². The highest BCUT2D eigenvalue weighted by Crippen LogP contribution is 2.37. The van der Waals surface area contributed by atoms with E-state index in [1.54, 1.807) is 0 Å². The van der Waals surface area contributed by atoms with Crippen LogP contribution < -0.4 is 4.74 Å². The van der Waals surface area contributed by atoms with Crippen molar-refractivity contribution in [3.05, 3.63) is 64.1 Å². The van der Waals surface area contributed by atoms with Gasteiger partial charge in [-0.2, -0.15) is 0 Å². The summed E-state index contributed by atoms with van der Waals surface area (Å²) in [4.78, 5) is 0. The van der Waals surface area contributed by atoms with Gasteiger partial charge in [-0.05, 0) is 42.5 Å². The fourth-order valence-corrected chi connectivity index (χ4v) is 3.27. The molecule has 3 rings (SSSR count). The Balaban J connectivity index is 1.67. The molecule has 0 spiro atoms. The van der Waals surface area contributed by atoms with Crippen LogP contribution in [0.25, 0.3) is 0 Å². The van der Waals surface area contributed by atoms with E-state index in [1.165, 1.54) is 11.1 Å². The Morgan fingerprint density at radius 3 is 2.67 bits per heavy atom. The SMILES string of the molecule is OCC(Cc1ccc(Br)cc1)CC1COc2ccccc21. The van der Waals surface area contributed by atoms with E-state index in [9.17, 15) is 5.11 Å². The van der Waals surface area contributed by atoms with Gasteiger partial charge in [0.2, 0.25) is 0 Å². The number of aliphatic hydroxyl groups excluding tert-OH is 1. The number of fused-ring (bicyclic) bond motifs is 1. The number of para-hydroxylation sites is 1. The number of rotatable bonds is 5. The second-order valence-corrected chi connectivity index (χ2v) is 6.58. The summed E-state index contributed by atoms with van der Waals surface area (Å²) in [6.45, 7) is 0.949. The van der Waals surface area contributed by atoms with Crippen LogP contribution in [-0.2, 0) is 6.42 Å². The van der Waals surface area contributed by atoms with Crippen LogP contribution in [0.2, 0.25) is 0 Å². The maximum atomic E-state index is 9.70. The second-order valence-electron chi connectivity index (χ2n) is 5.66. The van der Waals surface area contributed by atoms with Gasteiger partial charge < -0.3 is 9.84 Å². The molecule has 110 valence electrons. The summed E-state index contributed by atoms with van der Waals surface area (Å²) in [6, 6.07) is 16.6. The normalized spacial score (nSPS) is 18.1. The lowest BCUT2D eigenvalue weighted by molar-refractivity contribution is 0.203. The zero-order valence-corrected chi connectivity index (χ0v) is 13.4. The average molecular weight is 347 g/mol. The van der Waals surface area contributed by atoms with E-state index in [-0.39, 0.29) is 12.5 Å². The monoisotopic (exact) mass is 346 g/mol. The van der Waals surface area contributed by atoms with Crippen molar-refractivity contribution in [3.8, 4) is 5.75 Å². The third-order valence-corrected chi connectivity index (χ3v) is 4.64. The molecule has 0 bridgehead atoms. The van der Waals surface area contributed by atoms with E-state index in [0.717, 1.165) is 29.7 Å². The molecule has 2 atom stereocenters. The number of aliphatic hydroxyl groups is 1. The van der Waals surface area contributed by atoms with Crippen molar-refractivity contribution in [2.75, 3.05) is 13.2 Å². The van der Waals surface area contributed by atoms with Gasteiger partial charge in [0, 0.05) is 22.6 Å². The predicted molar refractivity (Wildman–Crippen MR) is 87.7 cm³/mol. The molecule has 21 heavy (non-hydrogen) atoms. The summed E-state index contributed by atoms with van der Waals surface area (Å²) in [5, 5.41) is 9.70. The van der Waals surface area contributed by atoms with Gasteiger partial charge in [-0.3, -0.25) is 0 Å². The van der Waals surface area contributed by atoms with Gasteiger partial charge in [0.1, 0.15) is 5.75 Å². The Morgan fingerprint density at radius 1 is 1.14 bits per heavy atom. The van der Waals surface area contributed by atoms with E-state index in [2.05, 4.69) is 52.3 Å². The van der Waals surface area contributed by atoms with Crippen molar-refractivity contribution >= 4 is 15.9 Å². The van der Waals surface area contributed by atoms with E-state index in [0.29, 0.717) is 5.92 Å². The van der Waals surface area contributed by atoms with Crippen LogP contribution in [0.3, 0.4) is 0 Å². The third kappa shape index (κ3) is 3.47. The standard InChI is InChI=1S/C18H19BrO2/c19-16-7-5-13(6-8-16)9-14(11-20)10-15-12-21-18-4-2-1-3-17(15)18/h1-8,14-15,20H,9-12H2. The van der Waals surface area contributed by atoms with Gasteiger partial charge in [-0.1, -0.05) is 46.3 Å². The molecule has 0 aliphatic carbocycles. The molecule has 0 saturated carbocycles. The average Bonchev–Trinajstić information content (AvgIpc) is 2.92. The molecule has 0 saturated heterocycles. The fraction of sp³-hybridized carbons (Fsp3) is 0.333. The largest absolute Gasteiger partial charge is 0.493 e. The third-order valence-electron chi connectivity index (χ3n) is 4.11. The van der Waals surface area contributed by atoms with Gasteiger partial charge in [-0.15, -0.1) is 0 Å². The maximum Gasteiger partial charge on any atom is 0.122 e. The summed E-state index contributed by atoms with van der Waals surface area (Å²) in [6.07, 6.45) is 1.87. The topological polar surface area (TPSA) is 29.5 Å². The Bertz CT molecular complexity index is 594. The minimum absolute atomic E-state index is 0.217. The molecule has 2 unspecified atom stereocenters. The Labute approximate surface area is 133 Å². The van der Waals surface area contributed by atoms with Crippen LogP contribution in [0.5, 0.6) is 5.75 Å². The van der Waals surface area contributed by atoms with Crippen molar-refractivity contribution < 1.29 is 9.84 Å². The van der Waals surface area contributed by atoms with Crippen LogP contribution in [-0.4, -0.2) is 18.3 Å². The van der Waals surface area contributed by atoms with Crippen molar-refractivity contribution in [2.45, 2.75) is 18.8 Å². The smallest absolute Gasteiger partial charge is 0.122 e. The van der Waals surface area contributed by atoms with Crippen LogP contribution in [0.15, 0.2) is 53.0 Å². The minimum atomic E-state index is 0.217. The highest BCUT2D eigenvalue weighted by atomic mass is 79.9. The quantitative estimate of drug-likeness (QED) is 0.880. The maximum absolute atomic E-state index is 9.70. The Morgan fingerprint density at radius 2 is 1.90 bits per heavy atom. The number of ether oxygens (including phenoxy) is 1. The van der Waals surface area contributed by atoms with Gasteiger partial charge in [0.25, 0.3) is 0 Å². The molecule has 3 heteroatoms. The van der Waals surface area contributed by atoms with Crippen LogP contribution >= 0.6 is 15.9 Å². The minimum Gasteiger partial charge on any atom is -0.493 e. The van der Waals surface area contributed by atoms with Gasteiger partial charge in [-0.25, -0.2) is 0 Å². The number of halogens is 1. The van der Waals surface area contributed by atoms with Crippen molar-refractivity contribution in [2.24, 2.45) is 5.92 Å². The fourth-order valence-electron chi connectivity index (χ4n) is 3.00. The van der Waals surface area contributed by atoms with E-state index >= 15 is 0 Å². The molecule has 0 fully saturated rings. The van der Waals surface area contributed by atoms with Gasteiger partial charge in [0.05, 0.1) is 6.61 Å². The molecule has 2 aromatic carbocycles. The summed E-state index contributed by atoms with van der Waals surface area (Å²) in [5.74, 6) is 1.67. The van der Waals surface area contributed by atoms with E-state index in [4.69, 9.17) is 4.74 Å². The number of hydrogen-bond acceptors (Lipinski definition) is 2. The zero-order valence-electron chi connectivity index (χ0n) is 11.8. The highest BCUT2D eigenvalue weighted by Gasteiger charge is 2.26. The van der Waals surface area contributed by atoms with E-state index in [1.807, 2.05) is 12.1 Å². The zero-order chi connectivity index (χ0) is 14.7. The summed E-state index contributed by atoms with van der Waals surface area (Å²) < 4.78 is 6.82. The summed E-state index contributed by atoms with van der Waals surface area (Å²) in [5.41, 5.74) is 2.55. The first-order chi connectivity index (χ1) is 10.3. The first-order valence-electron chi connectivity index (χ1n) is 7.33. The van der Waals surface area contributed by atoms with Gasteiger partial charge >= 0.3 is 0 Å². The molecule has 1 aliphatic rings. The highest BCUT2D eigenvalue weighted by molar-refractivity contribution is 9.10. The molecule has 2 aromatic rings. The number of benzene rings is 2. The van der Waals surface area contributed by atoms with Gasteiger partial charge in [0.15, 0.2) is 0 Å². The first-order valence-corrected chi connectivity index (χ1v) is 8.12. The Hall–Kier alpha value is -1.32. The lowest BCUT2D eigenvalue weighted by atomic mass is 9.87.